The first-order valence-electron chi connectivity index (χ1n) is 4.30. The van der Waals surface area contributed by atoms with Gasteiger partial charge in [0, 0.05) is 16.5 Å². The Morgan fingerprint density at radius 1 is 1.46 bits per heavy atom. The Kier molecular flexibility index (Phi) is 2.11. The van der Waals surface area contributed by atoms with Crippen LogP contribution in [0.3, 0.4) is 0 Å². The van der Waals surface area contributed by atoms with E-state index >= 15 is 0 Å². The van der Waals surface area contributed by atoms with Crippen molar-refractivity contribution in [3.8, 4) is 5.75 Å². The minimum absolute atomic E-state index is 0.117. The highest BCUT2D eigenvalue weighted by Gasteiger charge is 2.27. The molecule has 1 aromatic rings. The Morgan fingerprint density at radius 2 is 2.23 bits per heavy atom. The summed E-state index contributed by atoms with van der Waals surface area (Å²) in [5, 5.41) is 0. The van der Waals surface area contributed by atoms with Gasteiger partial charge in [0.15, 0.2) is 0 Å². The number of ether oxygens (including phenoxy) is 1. The number of fused-ring (bicyclic) bond motifs is 1. The summed E-state index contributed by atoms with van der Waals surface area (Å²) in [6, 6.07) is 5.97. The lowest BCUT2D eigenvalue weighted by atomic mass is 9.94. The lowest BCUT2D eigenvalue weighted by Crippen LogP contribution is -2.31. The molecular weight excluding hydrogens is 228 g/mol. The standard InChI is InChI=1S/C11H11BrO/c1-11(2)7-6-8-9(12)4-3-5-10(8)13-11/h3-5H,7H2,1-2H3. The van der Waals surface area contributed by atoms with Crippen LogP contribution < -0.4 is 4.74 Å². The molecule has 2 heteroatoms. The van der Waals surface area contributed by atoms with E-state index in [1.54, 1.807) is 0 Å². The third-order valence-corrected chi connectivity index (χ3v) is 2.71. The molecule has 0 aliphatic carbocycles. The molecule has 0 bridgehead atoms. The topological polar surface area (TPSA) is 9.23 Å². The summed E-state index contributed by atoms with van der Waals surface area (Å²) in [7, 11) is 0. The minimum atomic E-state index is -0.117. The van der Waals surface area contributed by atoms with Crippen molar-refractivity contribution < 1.29 is 4.74 Å². The van der Waals surface area contributed by atoms with Gasteiger partial charge in [-0.1, -0.05) is 22.0 Å². The van der Waals surface area contributed by atoms with Gasteiger partial charge >= 0.3 is 0 Å². The monoisotopic (exact) mass is 238 g/mol. The molecular formula is C11H11BrO. The van der Waals surface area contributed by atoms with Crippen LogP contribution in [0.2, 0.25) is 0 Å². The van der Waals surface area contributed by atoms with Crippen LogP contribution in [0.4, 0.5) is 0 Å². The summed E-state index contributed by atoms with van der Waals surface area (Å²) < 4.78 is 6.86. The smallest absolute Gasteiger partial charge is 0.125 e. The SMILES string of the molecule is CC1(C)C[C]c2c(Br)cccc2O1. The number of hydrogen-bond acceptors (Lipinski definition) is 1. The molecule has 0 N–H and O–H groups in total. The summed E-state index contributed by atoms with van der Waals surface area (Å²) in [5.74, 6) is 0.922. The van der Waals surface area contributed by atoms with Gasteiger partial charge in [0.2, 0.25) is 0 Å². The summed E-state index contributed by atoms with van der Waals surface area (Å²) >= 11 is 3.48. The first-order chi connectivity index (χ1) is 6.08. The molecule has 1 aromatic carbocycles. The van der Waals surface area contributed by atoms with Crippen LogP contribution in [0, 0.1) is 6.42 Å². The normalized spacial score (nSPS) is 19.0. The first-order valence-corrected chi connectivity index (χ1v) is 5.09. The second kappa shape index (κ2) is 3.02. The van der Waals surface area contributed by atoms with E-state index in [1.165, 1.54) is 0 Å². The molecule has 0 atom stereocenters. The van der Waals surface area contributed by atoms with Gasteiger partial charge in [0.1, 0.15) is 11.4 Å². The van der Waals surface area contributed by atoms with E-state index in [0.29, 0.717) is 0 Å². The predicted molar refractivity (Wildman–Crippen MR) is 55.8 cm³/mol. The zero-order valence-corrected chi connectivity index (χ0v) is 9.31. The van der Waals surface area contributed by atoms with Crippen molar-refractivity contribution in [3.05, 3.63) is 34.7 Å². The maximum atomic E-state index is 5.81. The van der Waals surface area contributed by atoms with Gasteiger partial charge in [-0.15, -0.1) is 0 Å². The summed E-state index contributed by atoms with van der Waals surface area (Å²) in [6.45, 7) is 4.15. The highest BCUT2D eigenvalue weighted by molar-refractivity contribution is 9.10. The van der Waals surface area contributed by atoms with Crippen molar-refractivity contribution in [2.45, 2.75) is 25.9 Å². The molecule has 1 aliphatic rings. The minimum Gasteiger partial charge on any atom is -0.487 e. The van der Waals surface area contributed by atoms with Crippen LogP contribution in [-0.2, 0) is 0 Å². The molecule has 0 saturated carbocycles. The van der Waals surface area contributed by atoms with E-state index in [4.69, 9.17) is 4.74 Å². The van der Waals surface area contributed by atoms with E-state index < -0.39 is 0 Å². The van der Waals surface area contributed by atoms with Crippen LogP contribution >= 0.6 is 15.9 Å². The van der Waals surface area contributed by atoms with E-state index in [2.05, 4.69) is 36.2 Å². The predicted octanol–water partition coefficient (Wildman–Crippen LogP) is 3.44. The fourth-order valence-corrected chi connectivity index (χ4v) is 1.88. The van der Waals surface area contributed by atoms with Crippen LogP contribution in [0.5, 0.6) is 5.75 Å². The molecule has 2 radical (unpaired) electrons. The molecule has 0 spiro atoms. The van der Waals surface area contributed by atoms with Crippen molar-refractivity contribution in [1.82, 2.24) is 0 Å². The van der Waals surface area contributed by atoms with Crippen LogP contribution in [0.15, 0.2) is 22.7 Å². The lowest BCUT2D eigenvalue weighted by Gasteiger charge is -2.32. The lowest BCUT2D eigenvalue weighted by molar-refractivity contribution is 0.0986. The number of halogens is 1. The average molecular weight is 239 g/mol. The Hall–Kier alpha value is -0.500. The van der Waals surface area contributed by atoms with Crippen molar-refractivity contribution in [2.24, 2.45) is 0 Å². The molecule has 68 valence electrons. The third kappa shape index (κ3) is 1.73. The Balaban J connectivity index is 2.42. The van der Waals surface area contributed by atoms with Gasteiger partial charge in [0.05, 0.1) is 0 Å². The highest BCUT2D eigenvalue weighted by atomic mass is 79.9. The zero-order chi connectivity index (χ0) is 9.47. The second-order valence-corrected chi connectivity index (χ2v) is 4.68. The van der Waals surface area contributed by atoms with Crippen LogP contribution in [0.1, 0.15) is 25.8 Å². The quantitative estimate of drug-likeness (QED) is 0.673. The van der Waals surface area contributed by atoms with E-state index in [-0.39, 0.29) is 5.60 Å². The van der Waals surface area contributed by atoms with Crippen molar-refractivity contribution >= 4 is 15.9 Å². The molecule has 2 rings (SSSR count). The van der Waals surface area contributed by atoms with Crippen molar-refractivity contribution in [1.29, 1.82) is 0 Å². The molecule has 1 aliphatic heterocycles. The molecule has 0 amide bonds. The highest BCUT2D eigenvalue weighted by Crippen LogP contribution is 2.37. The number of rotatable bonds is 0. The number of benzene rings is 1. The summed E-state index contributed by atoms with van der Waals surface area (Å²) in [5.41, 5.74) is 0.940. The average Bonchev–Trinajstić information content (AvgIpc) is 2.02. The summed E-state index contributed by atoms with van der Waals surface area (Å²) in [6.07, 6.45) is 4.19. The van der Waals surface area contributed by atoms with Crippen LogP contribution in [-0.4, -0.2) is 5.60 Å². The maximum absolute atomic E-state index is 5.81. The van der Waals surface area contributed by atoms with Crippen molar-refractivity contribution in [3.63, 3.8) is 0 Å². The Bertz CT molecular complexity index is 331. The van der Waals surface area contributed by atoms with E-state index in [1.807, 2.05) is 18.2 Å². The van der Waals surface area contributed by atoms with E-state index in [9.17, 15) is 0 Å². The fraction of sp³-hybridized carbons (Fsp3) is 0.364. The summed E-state index contributed by atoms with van der Waals surface area (Å²) in [4.78, 5) is 0. The Labute approximate surface area is 87.2 Å². The molecule has 0 aromatic heterocycles. The fourth-order valence-electron chi connectivity index (χ4n) is 1.40. The molecule has 1 nitrogen and oxygen atoms in total. The molecule has 13 heavy (non-hydrogen) atoms. The van der Waals surface area contributed by atoms with Crippen molar-refractivity contribution in [2.75, 3.05) is 0 Å². The van der Waals surface area contributed by atoms with Crippen LogP contribution in [0.25, 0.3) is 0 Å². The first kappa shape index (κ1) is 9.07. The molecule has 1 heterocycles. The van der Waals surface area contributed by atoms with Gasteiger partial charge in [-0.05, 0) is 32.4 Å². The largest absolute Gasteiger partial charge is 0.487 e. The third-order valence-electron chi connectivity index (χ3n) is 2.05. The molecule has 0 unspecified atom stereocenters. The molecule has 0 fully saturated rings. The zero-order valence-electron chi connectivity index (χ0n) is 7.73. The van der Waals surface area contributed by atoms with Gasteiger partial charge in [0.25, 0.3) is 0 Å². The Morgan fingerprint density at radius 3 is 3.00 bits per heavy atom. The van der Waals surface area contributed by atoms with Gasteiger partial charge in [-0.2, -0.15) is 0 Å². The second-order valence-electron chi connectivity index (χ2n) is 3.83. The number of hydrogen-bond donors (Lipinski definition) is 0. The van der Waals surface area contributed by atoms with Gasteiger partial charge in [-0.3, -0.25) is 0 Å². The van der Waals surface area contributed by atoms with Gasteiger partial charge < -0.3 is 4.74 Å². The van der Waals surface area contributed by atoms with Gasteiger partial charge in [-0.25, -0.2) is 0 Å². The molecule has 0 saturated heterocycles. The maximum Gasteiger partial charge on any atom is 0.125 e. The van der Waals surface area contributed by atoms with E-state index in [0.717, 1.165) is 22.2 Å².